The van der Waals surface area contributed by atoms with Gasteiger partial charge in [-0.15, -0.1) is 0 Å². The summed E-state index contributed by atoms with van der Waals surface area (Å²) in [4.78, 5) is 4.21. The Balaban J connectivity index is 2.39. The summed E-state index contributed by atoms with van der Waals surface area (Å²) in [5.41, 5.74) is 3.53. The highest BCUT2D eigenvalue weighted by molar-refractivity contribution is 6.58. The molecule has 1 aromatic heterocycles. The monoisotopic (exact) mass is 213 g/mol. The largest absolute Gasteiger partial charge is 0.488 e. The maximum absolute atomic E-state index is 8.98. The van der Waals surface area contributed by atoms with Gasteiger partial charge in [-0.1, -0.05) is 30.3 Å². The molecule has 0 fully saturated rings. The van der Waals surface area contributed by atoms with Crippen LogP contribution in [0.15, 0.2) is 42.6 Å². The van der Waals surface area contributed by atoms with Crippen LogP contribution in [0.25, 0.3) is 11.1 Å². The van der Waals surface area contributed by atoms with E-state index in [2.05, 4.69) is 4.98 Å². The minimum Gasteiger partial charge on any atom is -0.423 e. The molecule has 3 nitrogen and oxygen atoms in total. The van der Waals surface area contributed by atoms with Crippen molar-refractivity contribution in [3.8, 4) is 11.1 Å². The highest BCUT2D eigenvalue weighted by Gasteiger charge is 2.10. The molecular weight excluding hydrogens is 201 g/mol. The first kappa shape index (κ1) is 10.9. The minimum absolute atomic E-state index is 0.491. The van der Waals surface area contributed by atoms with Crippen molar-refractivity contribution < 1.29 is 10.0 Å². The third kappa shape index (κ3) is 2.13. The SMILES string of the molecule is Cc1ncccc1-c1ccc(B(O)O)cc1. The van der Waals surface area contributed by atoms with Crippen molar-refractivity contribution >= 4 is 12.6 Å². The van der Waals surface area contributed by atoms with Crippen molar-refractivity contribution in [3.63, 3.8) is 0 Å². The van der Waals surface area contributed by atoms with Crippen LogP contribution in [0.3, 0.4) is 0 Å². The van der Waals surface area contributed by atoms with Gasteiger partial charge in [-0.3, -0.25) is 4.98 Å². The van der Waals surface area contributed by atoms with Crippen molar-refractivity contribution in [1.29, 1.82) is 0 Å². The van der Waals surface area contributed by atoms with E-state index in [4.69, 9.17) is 10.0 Å². The van der Waals surface area contributed by atoms with Gasteiger partial charge in [0, 0.05) is 17.5 Å². The molecule has 0 amide bonds. The lowest BCUT2D eigenvalue weighted by molar-refractivity contribution is 0.426. The summed E-state index contributed by atoms with van der Waals surface area (Å²) in [7, 11) is -1.41. The fourth-order valence-electron chi connectivity index (χ4n) is 1.62. The second kappa shape index (κ2) is 4.47. The quantitative estimate of drug-likeness (QED) is 0.723. The van der Waals surface area contributed by atoms with Gasteiger partial charge in [0.1, 0.15) is 0 Å². The topological polar surface area (TPSA) is 53.4 Å². The average molecular weight is 213 g/mol. The van der Waals surface area contributed by atoms with E-state index < -0.39 is 7.12 Å². The zero-order valence-corrected chi connectivity index (χ0v) is 8.96. The standard InChI is InChI=1S/C12H12BNO2/c1-9-12(3-2-8-14-9)10-4-6-11(7-5-10)13(15)16/h2-8,15-16H,1H3. The Morgan fingerprint density at radius 1 is 1.06 bits per heavy atom. The van der Waals surface area contributed by atoms with E-state index in [-0.39, 0.29) is 0 Å². The molecule has 0 atom stereocenters. The molecular formula is C12H12BNO2. The molecule has 4 heteroatoms. The normalized spacial score (nSPS) is 10.2. The number of hydrogen-bond donors (Lipinski definition) is 2. The van der Waals surface area contributed by atoms with Gasteiger partial charge in [-0.05, 0) is 24.0 Å². The number of pyridine rings is 1. The van der Waals surface area contributed by atoms with Crippen LogP contribution in [-0.4, -0.2) is 22.2 Å². The molecule has 16 heavy (non-hydrogen) atoms. The van der Waals surface area contributed by atoms with E-state index in [9.17, 15) is 0 Å². The van der Waals surface area contributed by atoms with E-state index in [1.165, 1.54) is 0 Å². The Bertz CT molecular complexity index is 483. The van der Waals surface area contributed by atoms with E-state index in [1.54, 1.807) is 18.3 Å². The molecule has 0 aliphatic carbocycles. The molecule has 0 saturated heterocycles. The van der Waals surface area contributed by atoms with Crippen LogP contribution in [0.2, 0.25) is 0 Å². The summed E-state index contributed by atoms with van der Waals surface area (Å²) in [6.45, 7) is 1.95. The fraction of sp³-hybridized carbons (Fsp3) is 0.0833. The number of hydrogen-bond acceptors (Lipinski definition) is 3. The zero-order chi connectivity index (χ0) is 11.5. The number of aryl methyl sites for hydroxylation is 1. The van der Waals surface area contributed by atoms with Gasteiger partial charge in [0.2, 0.25) is 0 Å². The van der Waals surface area contributed by atoms with Gasteiger partial charge in [0.15, 0.2) is 0 Å². The first-order chi connectivity index (χ1) is 7.68. The van der Waals surface area contributed by atoms with Gasteiger partial charge < -0.3 is 10.0 Å². The van der Waals surface area contributed by atoms with Crippen LogP contribution >= 0.6 is 0 Å². The van der Waals surface area contributed by atoms with Gasteiger partial charge in [-0.2, -0.15) is 0 Å². The Morgan fingerprint density at radius 3 is 2.31 bits per heavy atom. The molecule has 0 aliphatic rings. The van der Waals surface area contributed by atoms with Gasteiger partial charge in [-0.25, -0.2) is 0 Å². The van der Waals surface area contributed by atoms with Crippen LogP contribution < -0.4 is 5.46 Å². The Labute approximate surface area is 94.6 Å². The molecule has 2 aromatic rings. The number of aromatic nitrogens is 1. The van der Waals surface area contributed by atoms with E-state index in [0.717, 1.165) is 16.8 Å². The summed E-state index contributed by atoms with van der Waals surface area (Å²) in [5, 5.41) is 18.0. The lowest BCUT2D eigenvalue weighted by Crippen LogP contribution is -2.29. The molecule has 0 spiro atoms. The first-order valence-corrected chi connectivity index (χ1v) is 5.06. The molecule has 2 N–H and O–H groups in total. The molecule has 0 unspecified atom stereocenters. The molecule has 0 radical (unpaired) electrons. The van der Waals surface area contributed by atoms with Crippen molar-refractivity contribution in [3.05, 3.63) is 48.3 Å². The molecule has 80 valence electrons. The smallest absolute Gasteiger partial charge is 0.423 e. The molecule has 1 heterocycles. The lowest BCUT2D eigenvalue weighted by Gasteiger charge is -2.05. The second-order valence-corrected chi connectivity index (χ2v) is 3.63. The summed E-state index contributed by atoms with van der Waals surface area (Å²) >= 11 is 0. The Kier molecular flexibility index (Phi) is 3.03. The van der Waals surface area contributed by atoms with Gasteiger partial charge in [0.25, 0.3) is 0 Å². The van der Waals surface area contributed by atoms with E-state index >= 15 is 0 Å². The highest BCUT2D eigenvalue weighted by Crippen LogP contribution is 2.20. The lowest BCUT2D eigenvalue weighted by atomic mass is 9.80. The molecule has 1 aromatic carbocycles. The van der Waals surface area contributed by atoms with Gasteiger partial charge in [0.05, 0.1) is 0 Å². The average Bonchev–Trinajstić information content (AvgIpc) is 2.30. The van der Waals surface area contributed by atoms with Crippen molar-refractivity contribution in [2.45, 2.75) is 6.92 Å². The van der Waals surface area contributed by atoms with Crippen molar-refractivity contribution in [2.24, 2.45) is 0 Å². The van der Waals surface area contributed by atoms with E-state index in [0.29, 0.717) is 5.46 Å². The predicted molar refractivity (Wildman–Crippen MR) is 64.2 cm³/mol. The maximum atomic E-state index is 8.98. The summed E-state index contributed by atoms with van der Waals surface area (Å²) < 4.78 is 0. The Morgan fingerprint density at radius 2 is 1.75 bits per heavy atom. The molecule has 0 aliphatic heterocycles. The van der Waals surface area contributed by atoms with Crippen LogP contribution in [0.4, 0.5) is 0 Å². The predicted octanol–water partition coefficient (Wildman–Crippen LogP) is 0.737. The second-order valence-electron chi connectivity index (χ2n) is 3.63. The van der Waals surface area contributed by atoms with Gasteiger partial charge >= 0.3 is 7.12 Å². The van der Waals surface area contributed by atoms with Crippen LogP contribution in [0, 0.1) is 6.92 Å². The number of benzene rings is 1. The Hall–Kier alpha value is -1.65. The van der Waals surface area contributed by atoms with Crippen LogP contribution in [-0.2, 0) is 0 Å². The fourth-order valence-corrected chi connectivity index (χ4v) is 1.62. The van der Waals surface area contributed by atoms with E-state index in [1.807, 2.05) is 31.2 Å². The van der Waals surface area contributed by atoms with Crippen LogP contribution in [0.1, 0.15) is 5.69 Å². The summed E-state index contributed by atoms with van der Waals surface area (Å²) in [6, 6.07) is 11.0. The van der Waals surface area contributed by atoms with Crippen molar-refractivity contribution in [2.75, 3.05) is 0 Å². The summed E-state index contributed by atoms with van der Waals surface area (Å²) in [5.74, 6) is 0. The third-order valence-corrected chi connectivity index (χ3v) is 2.53. The summed E-state index contributed by atoms with van der Waals surface area (Å²) in [6.07, 6.45) is 1.75. The molecule has 2 rings (SSSR count). The number of rotatable bonds is 2. The van der Waals surface area contributed by atoms with Crippen molar-refractivity contribution in [1.82, 2.24) is 4.98 Å². The minimum atomic E-state index is -1.41. The zero-order valence-electron chi connectivity index (χ0n) is 8.96. The van der Waals surface area contributed by atoms with Crippen LogP contribution in [0.5, 0.6) is 0 Å². The highest BCUT2D eigenvalue weighted by atomic mass is 16.4. The number of nitrogens with zero attached hydrogens (tertiary/aromatic N) is 1. The third-order valence-electron chi connectivity index (χ3n) is 2.53. The molecule has 0 bridgehead atoms. The first-order valence-electron chi connectivity index (χ1n) is 5.06. The molecule has 0 saturated carbocycles. The maximum Gasteiger partial charge on any atom is 0.488 e.